The van der Waals surface area contributed by atoms with E-state index in [1.54, 1.807) is 0 Å². The molecule has 0 aliphatic rings. The Bertz CT molecular complexity index is 702. The van der Waals surface area contributed by atoms with E-state index >= 15 is 0 Å². The maximum absolute atomic E-state index is 6.48. The third kappa shape index (κ3) is 1.87. The average molecular weight is 254 g/mol. The molecule has 0 amide bonds. The summed E-state index contributed by atoms with van der Waals surface area (Å²) < 4.78 is 0. The van der Waals surface area contributed by atoms with E-state index in [1.165, 1.54) is 5.56 Å². The van der Waals surface area contributed by atoms with Gasteiger partial charge >= 0.3 is 0 Å². The smallest absolute Gasteiger partial charge is 0.0717 e. The van der Waals surface area contributed by atoms with Crippen molar-refractivity contribution in [3.8, 4) is 11.1 Å². The number of nitrogens with zero attached hydrogens (tertiary/aromatic N) is 1. The van der Waals surface area contributed by atoms with Crippen LogP contribution in [0.5, 0.6) is 0 Å². The summed E-state index contributed by atoms with van der Waals surface area (Å²) in [5.41, 5.74) is 4.25. The van der Waals surface area contributed by atoms with Crippen LogP contribution in [0.1, 0.15) is 5.56 Å². The van der Waals surface area contributed by atoms with Crippen LogP contribution in [-0.2, 0) is 0 Å². The standard InChI is InChI=1S/C16H12ClN/c1-11-6-8-12(9-7-11)14-10-18-15-5-3-2-4-13(15)16(14)17/h2-10H,1H3. The van der Waals surface area contributed by atoms with Gasteiger partial charge in [0.1, 0.15) is 0 Å². The Morgan fingerprint density at radius 2 is 1.67 bits per heavy atom. The molecular formula is C16H12ClN. The maximum atomic E-state index is 6.48. The zero-order valence-electron chi connectivity index (χ0n) is 10.0. The second-order valence-electron chi connectivity index (χ2n) is 4.37. The fourth-order valence-electron chi connectivity index (χ4n) is 2.04. The molecule has 3 aromatic rings. The molecule has 0 N–H and O–H groups in total. The van der Waals surface area contributed by atoms with Gasteiger partial charge in [-0.05, 0) is 18.6 Å². The van der Waals surface area contributed by atoms with Crippen LogP contribution >= 0.6 is 11.6 Å². The van der Waals surface area contributed by atoms with Crippen molar-refractivity contribution in [3.05, 3.63) is 65.3 Å². The Kier molecular flexibility index (Phi) is 2.77. The SMILES string of the molecule is Cc1ccc(-c2cnc3ccccc3c2Cl)cc1. The van der Waals surface area contributed by atoms with E-state index < -0.39 is 0 Å². The first-order valence-corrected chi connectivity index (χ1v) is 6.24. The first kappa shape index (κ1) is 11.2. The van der Waals surface area contributed by atoms with Gasteiger partial charge in [0.15, 0.2) is 0 Å². The van der Waals surface area contributed by atoms with Crippen LogP contribution in [0.15, 0.2) is 54.7 Å². The highest BCUT2D eigenvalue weighted by molar-refractivity contribution is 6.38. The quantitative estimate of drug-likeness (QED) is 0.603. The molecule has 88 valence electrons. The van der Waals surface area contributed by atoms with Crippen molar-refractivity contribution in [3.63, 3.8) is 0 Å². The lowest BCUT2D eigenvalue weighted by molar-refractivity contribution is 1.40. The van der Waals surface area contributed by atoms with Gasteiger partial charge in [-0.25, -0.2) is 0 Å². The fourth-order valence-corrected chi connectivity index (χ4v) is 2.36. The normalized spacial score (nSPS) is 10.8. The number of fused-ring (bicyclic) bond motifs is 1. The zero-order chi connectivity index (χ0) is 12.5. The number of hydrogen-bond donors (Lipinski definition) is 0. The number of aryl methyl sites for hydroxylation is 1. The van der Waals surface area contributed by atoms with Crippen LogP contribution in [-0.4, -0.2) is 4.98 Å². The summed E-state index contributed by atoms with van der Waals surface area (Å²) in [7, 11) is 0. The van der Waals surface area contributed by atoms with Gasteiger partial charge in [-0.3, -0.25) is 4.98 Å². The molecule has 3 rings (SSSR count). The minimum Gasteiger partial charge on any atom is -0.256 e. The first-order chi connectivity index (χ1) is 8.75. The molecule has 2 aromatic carbocycles. The number of para-hydroxylation sites is 1. The average Bonchev–Trinajstić information content (AvgIpc) is 2.41. The summed E-state index contributed by atoms with van der Waals surface area (Å²) in [6.07, 6.45) is 1.84. The van der Waals surface area contributed by atoms with Gasteiger partial charge < -0.3 is 0 Å². The van der Waals surface area contributed by atoms with Crippen LogP contribution in [0.25, 0.3) is 22.0 Å². The molecule has 2 heteroatoms. The molecule has 0 saturated heterocycles. The monoisotopic (exact) mass is 253 g/mol. The zero-order valence-corrected chi connectivity index (χ0v) is 10.8. The van der Waals surface area contributed by atoms with Gasteiger partial charge in [0, 0.05) is 17.1 Å². The summed E-state index contributed by atoms with van der Waals surface area (Å²) >= 11 is 6.48. The van der Waals surface area contributed by atoms with E-state index in [0.29, 0.717) is 0 Å². The molecule has 1 aromatic heterocycles. The minimum absolute atomic E-state index is 0.768. The third-order valence-electron chi connectivity index (χ3n) is 3.07. The van der Waals surface area contributed by atoms with Gasteiger partial charge in [-0.1, -0.05) is 59.6 Å². The van der Waals surface area contributed by atoms with Gasteiger partial charge in [0.25, 0.3) is 0 Å². The van der Waals surface area contributed by atoms with E-state index in [1.807, 2.05) is 30.5 Å². The van der Waals surface area contributed by atoms with Crippen LogP contribution in [0, 0.1) is 6.92 Å². The van der Waals surface area contributed by atoms with Crippen molar-refractivity contribution < 1.29 is 0 Å². The first-order valence-electron chi connectivity index (χ1n) is 5.86. The Morgan fingerprint density at radius 3 is 2.44 bits per heavy atom. The predicted octanol–water partition coefficient (Wildman–Crippen LogP) is 4.86. The number of hydrogen-bond acceptors (Lipinski definition) is 1. The molecule has 0 aliphatic carbocycles. The fraction of sp³-hybridized carbons (Fsp3) is 0.0625. The number of aromatic nitrogens is 1. The molecule has 0 fully saturated rings. The van der Waals surface area contributed by atoms with Crippen molar-refractivity contribution in [1.82, 2.24) is 4.98 Å². The molecule has 0 atom stereocenters. The molecule has 0 aliphatic heterocycles. The minimum atomic E-state index is 0.768. The van der Waals surface area contributed by atoms with Crippen molar-refractivity contribution in [2.45, 2.75) is 6.92 Å². The largest absolute Gasteiger partial charge is 0.256 e. The van der Waals surface area contributed by atoms with Gasteiger partial charge in [-0.15, -0.1) is 0 Å². The molecule has 0 saturated carbocycles. The van der Waals surface area contributed by atoms with Crippen LogP contribution < -0.4 is 0 Å². The van der Waals surface area contributed by atoms with Gasteiger partial charge in [0.2, 0.25) is 0 Å². The summed E-state index contributed by atoms with van der Waals surface area (Å²) in [4.78, 5) is 4.46. The van der Waals surface area contributed by atoms with Crippen molar-refractivity contribution in [2.75, 3.05) is 0 Å². The summed E-state index contributed by atoms with van der Waals surface area (Å²) in [6.45, 7) is 2.07. The van der Waals surface area contributed by atoms with Gasteiger partial charge in [-0.2, -0.15) is 0 Å². The molecule has 0 radical (unpaired) electrons. The van der Waals surface area contributed by atoms with Gasteiger partial charge in [0.05, 0.1) is 10.5 Å². The number of rotatable bonds is 1. The summed E-state index contributed by atoms with van der Waals surface area (Å²) in [6, 6.07) is 16.2. The van der Waals surface area contributed by atoms with Crippen LogP contribution in [0.3, 0.4) is 0 Å². The second kappa shape index (κ2) is 4.43. The highest BCUT2D eigenvalue weighted by Crippen LogP contribution is 2.32. The summed E-state index contributed by atoms with van der Waals surface area (Å²) in [5, 5.41) is 1.77. The molecule has 0 spiro atoms. The number of benzene rings is 2. The van der Waals surface area contributed by atoms with E-state index in [2.05, 4.69) is 36.2 Å². The van der Waals surface area contributed by atoms with Crippen molar-refractivity contribution >= 4 is 22.5 Å². The topological polar surface area (TPSA) is 12.9 Å². The molecule has 18 heavy (non-hydrogen) atoms. The lowest BCUT2D eigenvalue weighted by Crippen LogP contribution is -1.85. The van der Waals surface area contributed by atoms with E-state index in [9.17, 15) is 0 Å². The molecular weight excluding hydrogens is 242 g/mol. The number of halogens is 1. The number of pyridine rings is 1. The van der Waals surface area contributed by atoms with Crippen molar-refractivity contribution in [2.24, 2.45) is 0 Å². The van der Waals surface area contributed by atoms with Crippen LogP contribution in [0.4, 0.5) is 0 Å². The lowest BCUT2D eigenvalue weighted by atomic mass is 10.0. The molecule has 0 unspecified atom stereocenters. The van der Waals surface area contributed by atoms with Crippen LogP contribution in [0.2, 0.25) is 5.02 Å². The maximum Gasteiger partial charge on any atom is 0.0717 e. The Hall–Kier alpha value is -1.86. The highest BCUT2D eigenvalue weighted by atomic mass is 35.5. The predicted molar refractivity (Wildman–Crippen MR) is 76.9 cm³/mol. The van der Waals surface area contributed by atoms with E-state index in [4.69, 9.17) is 11.6 Å². The van der Waals surface area contributed by atoms with E-state index in [-0.39, 0.29) is 0 Å². The third-order valence-corrected chi connectivity index (χ3v) is 3.48. The Morgan fingerprint density at radius 1 is 0.944 bits per heavy atom. The van der Waals surface area contributed by atoms with Crippen molar-refractivity contribution in [1.29, 1.82) is 0 Å². The molecule has 1 heterocycles. The second-order valence-corrected chi connectivity index (χ2v) is 4.75. The Balaban J connectivity index is 2.24. The highest BCUT2D eigenvalue weighted by Gasteiger charge is 2.07. The lowest BCUT2D eigenvalue weighted by Gasteiger charge is -2.07. The summed E-state index contributed by atoms with van der Waals surface area (Å²) in [5.74, 6) is 0. The Labute approximate surface area is 111 Å². The molecule has 1 nitrogen and oxygen atoms in total. The molecule has 0 bridgehead atoms. The van der Waals surface area contributed by atoms with E-state index in [0.717, 1.165) is 27.1 Å².